The predicted molar refractivity (Wildman–Crippen MR) is 74.6 cm³/mol. The van der Waals surface area contributed by atoms with Crippen LogP contribution < -0.4 is 4.74 Å². The SMILES string of the molecule is CCCOC1C(Cl)CC1Oc1ccc(C)cc1C. The van der Waals surface area contributed by atoms with Crippen LogP contribution in [0.2, 0.25) is 0 Å². The van der Waals surface area contributed by atoms with Crippen LogP contribution in [0.5, 0.6) is 5.75 Å². The molecule has 1 aliphatic carbocycles. The summed E-state index contributed by atoms with van der Waals surface area (Å²) in [7, 11) is 0. The number of hydrogen-bond acceptors (Lipinski definition) is 2. The van der Waals surface area contributed by atoms with Crippen molar-refractivity contribution in [3.8, 4) is 5.75 Å². The minimum absolute atomic E-state index is 0.0346. The van der Waals surface area contributed by atoms with E-state index in [1.54, 1.807) is 0 Å². The summed E-state index contributed by atoms with van der Waals surface area (Å²) in [6, 6.07) is 6.23. The fraction of sp³-hybridized carbons (Fsp3) is 0.600. The van der Waals surface area contributed by atoms with Crippen molar-refractivity contribution in [2.45, 2.75) is 51.2 Å². The third kappa shape index (κ3) is 2.99. The Hall–Kier alpha value is -0.730. The first-order valence-electron chi connectivity index (χ1n) is 6.61. The molecule has 0 radical (unpaired) electrons. The molecule has 1 aromatic rings. The van der Waals surface area contributed by atoms with Crippen LogP contribution in [0.4, 0.5) is 0 Å². The molecule has 0 bridgehead atoms. The van der Waals surface area contributed by atoms with Crippen molar-refractivity contribution in [1.29, 1.82) is 0 Å². The van der Waals surface area contributed by atoms with Gasteiger partial charge in [-0.3, -0.25) is 0 Å². The van der Waals surface area contributed by atoms with E-state index in [-0.39, 0.29) is 17.6 Å². The zero-order chi connectivity index (χ0) is 13.1. The van der Waals surface area contributed by atoms with Gasteiger partial charge in [-0.1, -0.05) is 24.6 Å². The van der Waals surface area contributed by atoms with Gasteiger partial charge in [-0.2, -0.15) is 0 Å². The van der Waals surface area contributed by atoms with Gasteiger partial charge in [0.1, 0.15) is 18.0 Å². The minimum Gasteiger partial charge on any atom is -0.487 e. The first kappa shape index (κ1) is 13.7. The fourth-order valence-electron chi connectivity index (χ4n) is 2.20. The van der Waals surface area contributed by atoms with Crippen LogP contribution in [-0.4, -0.2) is 24.2 Å². The molecule has 0 spiro atoms. The quantitative estimate of drug-likeness (QED) is 0.755. The second-order valence-corrected chi connectivity index (χ2v) is 5.57. The smallest absolute Gasteiger partial charge is 0.128 e. The maximum absolute atomic E-state index is 6.17. The molecule has 0 aromatic heterocycles. The molecule has 3 heteroatoms. The van der Waals surface area contributed by atoms with E-state index >= 15 is 0 Å². The number of ether oxygens (including phenoxy) is 2. The maximum atomic E-state index is 6.17. The van der Waals surface area contributed by atoms with E-state index < -0.39 is 0 Å². The molecule has 2 nitrogen and oxygen atoms in total. The molecule has 1 aliphatic rings. The molecule has 2 rings (SSSR count). The Balaban J connectivity index is 1.96. The van der Waals surface area contributed by atoms with Gasteiger partial charge in [0, 0.05) is 13.0 Å². The second-order valence-electron chi connectivity index (χ2n) is 5.01. The maximum Gasteiger partial charge on any atom is 0.128 e. The van der Waals surface area contributed by atoms with E-state index in [1.165, 1.54) is 11.1 Å². The van der Waals surface area contributed by atoms with Gasteiger partial charge in [0.15, 0.2) is 0 Å². The third-order valence-corrected chi connectivity index (χ3v) is 3.73. The highest BCUT2D eigenvalue weighted by Gasteiger charge is 2.42. The highest BCUT2D eigenvalue weighted by molar-refractivity contribution is 6.21. The normalized spacial score (nSPS) is 26.8. The van der Waals surface area contributed by atoms with Crippen molar-refractivity contribution in [2.75, 3.05) is 6.61 Å². The largest absolute Gasteiger partial charge is 0.487 e. The number of aryl methyl sites for hydroxylation is 2. The van der Waals surface area contributed by atoms with Crippen LogP contribution >= 0.6 is 11.6 Å². The van der Waals surface area contributed by atoms with E-state index in [9.17, 15) is 0 Å². The molecule has 1 aromatic carbocycles. The molecular formula is C15H21ClO2. The number of rotatable bonds is 5. The van der Waals surface area contributed by atoms with Crippen molar-refractivity contribution in [1.82, 2.24) is 0 Å². The van der Waals surface area contributed by atoms with E-state index in [2.05, 4.69) is 32.9 Å². The van der Waals surface area contributed by atoms with Gasteiger partial charge in [0.25, 0.3) is 0 Å². The topological polar surface area (TPSA) is 18.5 Å². The number of benzene rings is 1. The second kappa shape index (κ2) is 5.94. The zero-order valence-electron chi connectivity index (χ0n) is 11.3. The van der Waals surface area contributed by atoms with Crippen LogP contribution in [0.25, 0.3) is 0 Å². The van der Waals surface area contributed by atoms with Crippen molar-refractivity contribution in [2.24, 2.45) is 0 Å². The van der Waals surface area contributed by atoms with E-state index in [0.29, 0.717) is 0 Å². The fourth-order valence-corrected chi connectivity index (χ4v) is 2.61. The van der Waals surface area contributed by atoms with Gasteiger partial charge in [0.05, 0.1) is 5.38 Å². The zero-order valence-corrected chi connectivity index (χ0v) is 12.0. The third-order valence-electron chi connectivity index (χ3n) is 3.30. The average Bonchev–Trinajstić information content (AvgIpc) is 2.32. The number of halogens is 1. The molecule has 0 saturated heterocycles. The molecule has 3 atom stereocenters. The Kier molecular flexibility index (Phi) is 4.52. The predicted octanol–water partition coefficient (Wildman–Crippen LogP) is 3.86. The molecule has 1 fully saturated rings. The number of hydrogen-bond donors (Lipinski definition) is 0. The molecule has 100 valence electrons. The lowest BCUT2D eigenvalue weighted by Crippen LogP contribution is -2.52. The van der Waals surface area contributed by atoms with Crippen LogP contribution in [0.15, 0.2) is 18.2 Å². The van der Waals surface area contributed by atoms with Gasteiger partial charge < -0.3 is 9.47 Å². The summed E-state index contributed by atoms with van der Waals surface area (Å²) in [6.45, 7) is 7.01. The van der Waals surface area contributed by atoms with Crippen molar-refractivity contribution in [3.05, 3.63) is 29.3 Å². The molecule has 0 heterocycles. The molecule has 0 aliphatic heterocycles. The minimum atomic E-state index is 0.0346. The Morgan fingerprint density at radius 2 is 2.11 bits per heavy atom. The molecule has 3 unspecified atom stereocenters. The molecule has 0 amide bonds. The monoisotopic (exact) mass is 268 g/mol. The summed E-state index contributed by atoms with van der Waals surface area (Å²) in [5.41, 5.74) is 2.42. The van der Waals surface area contributed by atoms with Crippen LogP contribution in [0, 0.1) is 13.8 Å². The van der Waals surface area contributed by atoms with Crippen molar-refractivity contribution in [3.63, 3.8) is 0 Å². The first-order valence-corrected chi connectivity index (χ1v) is 7.05. The summed E-state index contributed by atoms with van der Waals surface area (Å²) < 4.78 is 11.7. The standard InChI is InChI=1S/C15H21ClO2/c1-4-7-17-15-12(16)9-14(15)18-13-6-5-10(2)8-11(13)3/h5-6,8,12,14-15H,4,7,9H2,1-3H3. The van der Waals surface area contributed by atoms with Gasteiger partial charge in [-0.25, -0.2) is 0 Å². The van der Waals surface area contributed by atoms with Crippen LogP contribution in [0.1, 0.15) is 30.9 Å². The summed E-state index contributed by atoms with van der Waals surface area (Å²) >= 11 is 6.17. The Bertz CT molecular complexity index is 405. The summed E-state index contributed by atoms with van der Waals surface area (Å²) in [5, 5.41) is 0.0901. The van der Waals surface area contributed by atoms with Gasteiger partial charge >= 0.3 is 0 Å². The Labute approximate surface area is 114 Å². The Morgan fingerprint density at radius 3 is 2.72 bits per heavy atom. The lowest BCUT2D eigenvalue weighted by molar-refractivity contribution is -0.0799. The highest BCUT2D eigenvalue weighted by Crippen LogP contribution is 2.34. The summed E-state index contributed by atoms with van der Waals surface area (Å²) in [6.07, 6.45) is 2.01. The average molecular weight is 269 g/mol. The highest BCUT2D eigenvalue weighted by atomic mass is 35.5. The van der Waals surface area contributed by atoms with Crippen LogP contribution in [-0.2, 0) is 4.74 Å². The first-order chi connectivity index (χ1) is 8.61. The Morgan fingerprint density at radius 1 is 1.33 bits per heavy atom. The lowest BCUT2D eigenvalue weighted by Gasteiger charge is -2.40. The van der Waals surface area contributed by atoms with Crippen molar-refractivity contribution >= 4 is 11.6 Å². The van der Waals surface area contributed by atoms with E-state index in [4.69, 9.17) is 21.1 Å². The van der Waals surface area contributed by atoms with E-state index in [0.717, 1.165) is 25.2 Å². The van der Waals surface area contributed by atoms with Crippen molar-refractivity contribution < 1.29 is 9.47 Å². The summed E-state index contributed by atoms with van der Waals surface area (Å²) in [4.78, 5) is 0. The summed E-state index contributed by atoms with van der Waals surface area (Å²) in [5.74, 6) is 0.944. The van der Waals surface area contributed by atoms with Gasteiger partial charge in [0.2, 0.25) is 0 Å². The molecule has 1 saturated carbocycles. The van der Waals surface area contributed by atoms with Crippen LogP contribution in [0.3, 0.4) is 0 Å². The molecular weight excluding hydrogens is 248 g/mol. The lowest BCUT2D eigenvalue weighted by atomic mass is 9.90. The van der Waals surface area contributed by atoms with Gasteiger partial charge in [-0.05, 0) is 31.9 Å². The number of alkyl halides is 1. The van der Waals surface area contributed by atoms with E-state index in [1.807, 2.05) is 6.07 Å². The molecule has 0 N–H and O–H groups in total. The molecule has 18 heavy (non-hydrogen) atoms. The van der Waals surface area contributed by atoms with Gasteiger partial charge in [-0.15, -0.1) is 11.6 Å².